The fourth-order valence-corrected chi connectivity index (χ4v) is 4.95. The van der Waals surface area contributed by atoms with Gasteiger partial charge in [-0.15, -0.1) is 0 Å². The van der Waals surface area contributed by atoms with Crippen molar-refractivity contribution < 1.29 is 4.79 Å². The summed E-state index contributed by atoms with van der Waals surface area (Å²) in [6.45, 7) is 2.89. The number of para-hydroxylation sites is 1. The molecule has 2 aromatic heterocycles. The number of carbonyl (C=O) groups is 1. The summed E-state index contributed by atoms with van der Waals surface area (Å²) >= 11 is 6.89. The van der Waals surface area contributed by atoms with E-state index in [4.69, 9.17) is 17.3 Å². The Labute approximate surface area is 198 Å². The van der Waals surface area contributed by atoms with E-state index < -0.39 is 0 Å². The molecule has 0 spiro atoms. The van der Waals surface area contributed by atoms with Gasteiger partial charge in [0.15, 0.2) is 0 Å². The molecule has 0 atom stereocenters. The molecule has 0 N–H and O–H groups in total. The first-order chi connectivity index (χ1) is 15.7. The van der Waals surface area contributed by atoms with Gasteiger partial charge in [0, 0.05) is 36.3 Å². The quantitative estimate of drug-likeness (QED) is 0.218. The zero-order valence-electron chi connectivity index (χ0n) is 18.1. The minimum atomic E-state index is -0.0105. The smallest absolute Gasteiger partial charge is 0.266 e. The molecule has 164 valence electrons. The van der Waals surface area contributed by atoms with Gasteiger partial charge in [0.1, 0.15) is 10.0 Å². The normalized spacial score (nSPS) is 15.2. The van der Waals surface area contributed by atoms with E-state index in [-0.39, 0.29) is 5.91 Å². The first kappa shape index (κ1) is 22.4. The second-order valence-electron chi connectivity index (χ2n) is 7.70. The van der Waals surface area contributed by atoms with Crippen molar-refractivity contribution in [1.29, 1.82) is 0 Å². The van der Waals surface area contributed by atoms with E-state index in [0.717, 1.165) is 35.3 Å². The van der Waals surface area contributed by atoms with Gasteiger partial charge in [0.25, 0.3) is 5.91 Å². The van der Waals surface area contributed by atoms with E-state index in [1.54, 1.807) is 17.3 Å². The van der Waals surface area contributed by atoms with Crippen LogP contribution in [0.3, 0.4) is 0 Å². The zero-order chi connectivity index (χ0) is 22.3. The molecular weight excluding hydrogens is 436 g/mol. The third kappa shape index (κ3) is 5.16. The topological polar surface area (TPSA) is 51.0 Å². The molecule has 1 aliphatic heterocycles. The van der Waals surface area contributed by atoms with Crippen molar-refractivity contribution in [2.24, 2.45) is 0 Å². The molecule has 1 amide bonds. The molecule has 1 fully saturated rings. The molecule has 7 heteroatoms. The van der Waals surface area contributed by atoms with Gasteiger partial charge >= 0.3 is 0 Å². The largest absolute Gasteiger partial charge is 0.293 e. The highest BCUT2D eigenvalue weighted by Gasteiger charge is 2.32. The molecule has 3 heterocycles. The maximum atomic E-state index is 13.1. The second kappa shape index (κ2) is 10.7. The molecule has 1 aliphatic rings. The molecule has 0 unspecified atom stereocenters. The number of carbonyl (C=O) groups excluding carboxylic acids is 1. The van der Waals surface area contributed by atoms with E-state index in [1.165, 1.54) is 31.0 Å². The van der Waals surface area contributed by atoms with Crippen molar-refractivity contribution in [3.8, 4) is 16.9 Å². The third-order valence-corrected chi connectivity index (χ3v) is 6.74. The molecule has 0 saturated carbocycles. The Balaban J connectivity index is 1.61. The van der Waals surface area contributed by atoms with Gasteiger partial charge in [-0.05, 0) is 36.8 Å². The Morgan fingerprint density at radius 1 is 1.03 bits per heavy atom. The molecule has 1 aromatic carbocycles. The maximum Gasteiger partial charge on any atom is 0.266 e. The van der Waals surface area contributed by atoms with Crippen LogP contribution in [0.1, 0.15) is 44.6 Å². The summed E-state index contributed by atoms with van der Waals surface area (Å²) in [6, 6.07) is 13.8. The molecule has 0 radical (unpaired) electrons. The minimum absolute atomic E-state index is 0.0105. The number of benzene rings is 1. The van der Waals surface area contributed by atoms with Crippen LogP contribution in [-0.2, 0) is 4.79 Å². The fraction of sp³-hybridized carbons (Fsp3) is 0.280. The Hall–Kier alpha value is -2.77. The fourth-order valence-electron chi connectivity index (χ4n) is 3.65. The van der Waals surface area contributed by atoms with Gasteiger partial charge in [-0.1, -0.05) is 74.8 Å². The van der Waals surface area contributed by atoms with Gasteiger partial charge in [0.2, 0.25) is 0 Å². The lowest BCUT2D eigenvalue weighted by atomic mass is 10.1. The van der Waals surface area contributed by atoms with Crippen LogP contribution < -0.4 is 0 Å². The van der Waals surface area contributed by atoms with Crippen molar-refractivity contribution in [1.82, 2.24) is 19.7 Å². The summed E-state index contributed by atoms with van der Waals surface area (Å²) in [7, 11) is 0. The van der Waals surface area contributed by atoms with Gasteiger partial charge in [-0.3, -0.25) is 14.7 Å². The van der Waals surface area contributed by atoms with E-state index in [2.05, 4.69) is 11.9 Å². The number of amides is 1. The second-order valence-corrected chi connectivity index (χ2v) is 9.37. The Kier molecular flexibility index (Phi) is 7.50. The predicted octanol–water partition coefficient (Wildman–Crippen LogP) is 6.11. The van der Waals surface area contributed by atoms with Crippen LogP contribution in [0.25, 0.3) is 23.0 Å². The van der Waals surface area contributed by atoms with Crippen molar-refractivity contribution in [2.45, 2.75) is 39.0 Å². The lowest BCUT2D eigenvalue weighted by Crippen LogP contribution is -2.29. The molecule has 0 aliphatic carbocycles. The van der Waals surface area contributed by atoms with Crippen molar-refractivity contribution in [3.05, 3.63) is 71.5 Å². The van der Waals surface area contributed by atoms with Crippen LogP contribution in [0, 0.1) is 0 Å². The number of thioether (sulfide) groups is 1. The molecule has 1 saturated heterocycles. The van der Waals surface area contributed by atoms with Gasteiger partial charge < -0.3 is 0 Å². The first-order valence-electron chi connectivity index (χ1n) is 11.0. The summed E-state index contributed by atoms with van der Waals surface area (Å²) in [5.41, 5.74) is 3.60. The van der Waals surface area contributed by atoms with Crippen LogP contribution in [0.2, 0.25) is 0 Å². The van der Waals surface area contributed by atoms with E-state index in [9.17, 15) is 4.79 Å². The number of aromatic nitrogens is 3. The zero-order valence-corrected chi connectivity index (χ0v) is 19.7. The van der Waals surface area contributed by atoms with Crippen LogP contribution in [0.15, 0.2) is 66.0 Å². The highest BCUT2D eigenvalue weighted by atomic mass is 32.2. The van der Waals surface area contributed by atoms with Crippen molar-refractivity contribution >= 4 is 40.3 Å². The first-order valence-corrected chi connectivity index (χ1v) is 12.2. The molecule has 3 aromatic rings. The number of thiocarbonyl (C=S) groups is 1. The summed E-state index contributed by atoms with van der Waals surface area (Å²) in [5, 5.41) is 4.81. The standard InChI is InChI=1S/C25H26N4OS2/c1-2-3-4-5-9-16-28-24(30)22(32-25(28)31)17-20-18-29(21-10-7-6-8-11-21)27-23(20)19-12-14-26-15-13-19/h6-8,10-15,17-18H,2-5,9,16H2,1H3/b22-17+. The summed E-state index contributed by atoms with van der Waals surface area (Å²) in [5.74, 6) is -0.0105. The highest BCUT2D eigenvalue weighted by molar-refractivity contribution is 8.26. The summed E-state index contributed by atoms with van der Waals surface area (Å²) < 4.78 is 2.48. The average molecular weight is 463 g/mol. The minimum Gasteiger partial charge on any atom is -0.293 e. The number of pyridine rings is 1. The number of hydrogen-bond donors (Lipinski definition) is 0. The summed E-state index contributed by atoms with van der Waals surface area (Å²) in [4.78, 5) is 19.6. The monoisotopic (exact) mass is 462 g/mol. The summed E-state index contributed by atoms with van der Waals surface area (Å²) in [6.07, 6.45) is 13.1. The van der Waals surface area contributed by atoms with Crippen LogP contribution >= 0.6 is 24.0 Å². The average Bonchev–Trinajstić information content (AvgIpc) is 3.36. The number of unbranched alkanes of at least 4 members (excludes halogenated alkanes) is 4. The van der Waals surface area contributed by atoms with Crippen LogP contribution in [-0.4, -0.2) is 36.4 Å². The van der Waals surface area contributed by atoms with Gasteiger partial charge in [-0.2, -0.15) is 5.10 Å². The highest BCUT2D eigenvalue weighted by Crippen LogP contribution is 2.35. The van der Waals surface area contributed by atoms with E-state index in [1.807, 2.05) is 59.4 Å². The van der Waals surface area contributed by atoms with Crippen LogP contribution in [0.5, 0.6) is 0 Å². The lowest BCUT2D eigenvalue weighted by molar-refractivity contribution is -0.122. The molecule has 4 rings (SSSR count). The Morgan fingerprint density at radius 3 is 2.53 bits per heavy atom. The molecule has 0 bridgehead atoms. The third-order valence-electron chi connectivity index (χ3n) is 5.36. The number of hydrogen-bond acceptors (Lipinski definition) is 5. The number of rotatable bonds is 9. The van der Waals surface area contributed by atoms with Gasteiger partial charge in [-0.25, -0.2) is 4.68 Å². The van der Waals surface area contributed by atoms with Crippen LogP contribution in [0.4, 0.5) is 0 Å². The molecular formula is C25H26N4OS2. The maximum absolute atomic E-state index is 13.1. The van der Waals surface area contributed by atoms with Crippen molar-refractivity contribution in [3.63, 3.8) is 0 Å². The SMILES string of the molecule is CCCCCCCN1C(=O)/C(=C\c2cn(-c3ccccc3)nc2-c2ccncc2)SC1=S. The molecule has 32 heavy (non-hydrogen) atoms. The number of nitrogens with zero attached hydrogens (tertiary/aromatic N) is 4. The van der Waals surface area contributed by atoms with Crippen molar-refractivity contribution in [2.75, 3.05) is 6.54 Å². The van der Waals surface area contributed by atoms with E-state index in [0.29, 0.717) is 15.8 Å². The Bertz CT molecular complexity index is 1110. The lowest BCUT2D eigenvalue weighted by Gasteiger charge is -2.13. The molecule has 5 nitrogen and oxygen atoms in total. The van der Waals surface area contributed by atoms with Gasteiger partial charge in [0.05, 0.1) is 10.6 Å². The predicted molar refractivity (Wildman–Crippen MR) is 135 cm³/mol. The van der Waals surface area contributed by atoms with E-state index >= 15 is 0 Å². The Morgan fingerprint density at radius 2 is 1.78 bits per heavy atom.